The molecule has 2 heterocycles. The van der Waals surface area contributed by atoms with Gasteiger partial charge in [0.2, 0.25) is 0 Å². The van der Waals surface area contributed by atoms with Gasteiger partial charge in [0.25, 0.3) is 0 Å². The van der Waals surface area contributed by atoms with Crippen molar-refractivity contribution in [2.45, 2.75) is 25.3 Å². The van der Waals surface area contributed by atoms with E-state index in [-0.39, 0.29) is 12.0 Å². The molecule has 24 heavy (non-hydrogen) atoms. The van der Waals surface area contributed by atoms with Gasteiger partial charge in [-0.05, 0) is 55.8 Å². The number of aromatic nitrogens is 1. The van der Waals surface area contributed by atoms with E-state index in [1.54, 1.807) is 0 Å². The molecule has 126 valence electrons. The van der Waals surface area contributed by atoms with Gasteiger partial charge in [-0.3, -0.25) is 14.7 Å². The molecule has 1 aromatic carbocycles. The standard InChI is InChI=1S/C19H21BrN2O2/c20-16-6-4-14(5-7-16)18(13-17-3-1-2-10-21-17)22-11-8-15(9-12-22)19(23)24/h1-7,10,15,18H,8-9,11-13H2,(H,23,24)/t18-/m1/s1. The molecule has 2 aromatic rings. The van der Waals surface area contributed by atoms with Crippen molar-refractivity contribution in [1.82, 2.24) is 9.88 Å². The van der Waals surface area contributed by atoms with Gasteiger partial charge in [0.15, 0.2) is 0 Å². The molecule has 1 fully saturated rings. The van der Waals surface area contributed by atoms with Crippen molar-refractivity contribution in [3.63, 3.8) is 0 Å². The van der Waals surface area contributed by atoms with Crippen molar-refractivity contribution in [3.05, 3.63) is 64.4 Å². The van der Waals surface area contributed by atoms with Crippen LogP contribution in [0.4, 0.5) is 0 Å². The zero-order valence-corrected chi connectivity index (χ0v) is 15.0. The summed E-state index contributed by atoms with van der Waals surface area (Å²) in [5, 5.41) is 9.21. The van der Waals surface area contributed by atoms with E-state index in [2.05, 4.69) is 56.1 Å². The zero-order valence-electron chi connectivity index (χ0n) is 13.4. The second-order valence-electron chi connectivity index (χ2n) is 6.24. The van der Waals surface area contributed by atoms with Crippen LogP contribution in [0.15, 0.2) is 53.1 Å². The third kappa shape index (κ3) is 4.22. The van der Waals surface area contributed by atoms with Gasteiger partial charge in [-0.25, -0.2) is 0 Å². The summed E-state index contributed by atoms with van der Waals surface area (Å²) < 4.78 is 1.06. The van der Waals surface area contributed by atoms with Crippen LogP contribution in [0.1, 0.15) is 30.1 Å². The first-order valence-corrected chi connectivity index (χ1v) is 9.05. The van der Waals surface area contributed by atoms with Gasteiger partial charge in [0, 0.05) is 28.8 Å². The summed E-state index contributed by atoms with van der Waals surface area (Å²) >= 11 is 3.49. The zero-order chi connectivity index (χ0) is 16.9. The summed E-state index contributed by atoms with van der Waals surface area (Å²) in [6.45, 7) is 1.62. The Hall–Kier alpha value is -1.72. The van der Waals surface area contributed by atoms with Crippen molar-refractivity contribution in [2.24, 2.45) is 5.92 Å². The van der Waals surface area contributed by atoms with Gasteiger partial charge in [-0.1, -0.05) is 34.1 Å². The van der Waals surface area contributed by atoms with E-state index < -0.39 is 5.97 Å². The summed E-state index contributed by atoms with van der Waals surface area (Å²) in [4.78, 5) is 18.1. The van der Waals surface area contributed by atoms with Crippen molar-refractivity contribution in [3.8, 4) is 0 Å². The smallest absolute Gasteiger partial charge is 0.306 e. The minimum atomic E-state index is -0.667. The number of nitrogens with zero attached hydrogens (tertiary/aromatic N) is 2. The van der Waals surface area contributed by atoms with E-state index in [1.807, 2.05) is 18.3 Å². The lowest BCUT2D eigenvalue weighted by Crippen LogP contribution is -2.39. The number of halogens is 1. The van der Waals surface area contributed by atoms with E-state index in [0.29, 0.717) is 12.8 Å². The average Bonchev–Trinajstić information content (AvgIpc) is 2.62. The lowest BCUT2D eigenvalue weighted by molar-refractivity contribution is -0.143. The number of hydrogen-bond acceptors (Lipinski definition) is 3. The van der Waals surface area contributed by atoms with Crippen molar-refractivity contribution in [1.29, 1.82) is 0 Å². The Kier molecular flexibility index (Phi) is 5.63. The number of aliphatic carboxylic acids is 1. The molecule has 0 amide bonds. The number of hydrogen-bond donors (Lipinski definition) is 1. The van der Waals surface area contributed by atoms with Crippen LogP contribution in [-0.4, -0.2) is 34.0 Å². The van der Waals surface area contributed by atoms with Crippen LogP contribution in [0, 0.1) is 5.92 Å². The van der Waals surface area contributed by atoms with Crippen LogP contribution in [0.3, 0.4) is 0 Å². The molecular weight excluding hydrogens is 368 g/mol. The molecule has 1 aliphatic heterocycles. The minimum absolute atomic E-state index is 0.207. The van der Waals surface area contributed by atoms with E-state index in [0.717, 1.165) is 29.7 Å². The summed E-state index contributed by atoms with van der Waals surface area (Å²) in [6, 6.07) is 14.6. The predicted molar refractivity (Wildman–Crippen MR) is 96.8 cm³/mol. The molecule has 1 atom stereocenters. The SMILES string of the molecule is O=C(O)C1CCN([C@H](Cc2ccccn2)c2ccc(Br)cc2)CC1. The molecule has 0 unspecified atom stereocenters. The quantitative estimate of drug-likeness (QED) is 0.842. The maximum Gasteiger partial charge on any atom is 0.306 e. The fourth-order valence-corrected chi connectivity index (χ4v) is 3.58. The molecule has 1 N–H and O–H groups in total. The van der Waals surface area contributed by atoms with E-state index in [9.17, 15) is 9.90 Å². The Labute approximate surface area is 150 Å². The molecule has 5 heteroatoms. The normalized spacial score (nSPS) is 17.5. The molecule has 1 aromatic heterocycles. The summed E-state index contributed by atoms with van der Waals surface area (Å²) in [5.74, 6) is -0.874. The maximum absolute atomic E-state index is 11.2. The number of carbonyl (C=O) groups is 1. The van der Waals surface area contributed by atoms with E-state index in [1.165, 1.54) is 5.56 Å². The fourth-order valence-electron chi connectivity index (χ4n) is 3.32. The molecule has 3 rings (SSSR count). The highest BCUT2D eigenvalue weighted by atomic mass is 79.9. The lowest BCUT2D eigenvalue weighted by atomic mass is 9.92. The van der Waals surface area contributed by atoms with Crippen molar-refractivity contribution < 1.29 is 9.90 Å². The van der Waals surface area contributed by atoms with Crippen LogP contribution in [0.5, 0.6) is 0 Å². The van der Waals surface area contributed by atoms with Crippen LogP contribution in [-0.2, 0) is 11.2 Å². The summed E-state index contributed by atoms with van der Waals surface area (Å²) in [7, 11) is 0. The maximum atomic E-state index is 11.2. The molecule has 0 aliphatic carbocycles. The van der Waals surface area contributed by atoms with Gasteiger partial charge in [-0.15, -0.1) is 0 Å². The third-order valence-corrected chi connectivity index (χ3v) is 5.23. The highest BCUT2D eigenvalue weighted by Crippen LogP contribution is 2.30. The molecule has 0 bridgehead atoms. The fraction of sp³-hybridized carbons (Fsp3) is 0.368. The Morgan fingerprint density at radius 2 is 1.92 bits per heavy atom. The first-order valence-electron chi connectivity index (χ1n) is 8.25. The Bertz CT molecular complexity index is 668. The second kappa shape index (κ2) is 7.90. The second-order valence-corrected chi connectivity index (χ2v) is 7.16. The van der Waals surface area contributed by atoms with Crippen LogP contribution in [0.2, 0.25) is 0 Å². The Balaban J connectivity index is 1.79. The molecule has 1 saturated heterocycles. The molecule has 0 saturated carbocycles. The number of carboxylic acids is 1. The molecular formula is C19H21BrN2O2. The van der Waals surface area contributed by atoms with Gasteiger partial charge in [0.05, 0.1) is 5.92 Å². The molecule has 1 aliphatic rings. The van der Waals surface area contributed by atoms with Crippen molar-refractivity contribution >= 4 is 21.9 Å². The minimum Gasteiger partial charge on any atom is -0.481 e. The first kappa shape index (κ1) is 17.1. The summed E-state index contributed by atoms with van der Waals surface area (Å²) in [6.07, 6.45) is 4.08. The summed E-state index contributed by atoms with van der Waals surface area (Å²) in [5.41, 5.74) is 2.31. The monoisotopic (exact) mass is 388 g/mol. The van der Waals surface area contributed by atoms with E-state index in [4.69, 9.17) is 0 Å². The number of carboxylic acid groups (broad SMARTS) is 1. The number of likely N-dealkylation sites (tertiary alicyclic amines) is 1. The topological polar surface area (TPSA) is 53.4 Å². The predicted octanol–water partition coefficient (Wildman–Crippen LogP) is 3.92. The molecule has 0 spiro atoms. The number of pyridine rings is 1. The highest BCUT2D eigenvalue weighted by molar-refractivity contribution is 9.10. The van der Waals surface area contributed by atoms with Gasteiger partial charge >= 0.3 is 5.97 Å². The van der Waals surface area contributed by atoms with E-state index >= 15 is 0 Å². The number of piperidine rings is 1. The lowest BCUT2D eigenvalue weighted by Gasteiger charge is -2.36. The molecule has 0 radical (unpaired) electrons. The van der Waals surface area contributed by atoms with Crippen LogP contribution in [0.25, 0.3) is 0 Å². The number of rotatable bonds is 5. The third-order valence-electron chi connectivity index (χ3n) is 4.70. The van der Waals surface area contributed by atoms with Gasteiger partial charge in [0.1, 0.15) is 0 Å². The van der Waals surface area contributed by atoms with Gasteiger partial charge in [-0.2, -0.15) is 0 Å². The van der Waals surface area contributed by atoms with Gasteiger partial charge < -0.3 is 5.11 Å². The Morgan fingerprint density at radius 3 is 2.50 bits per heavy atom. The first-order chi connectivity index (χ1) is 11.6. The highest BCUT2D eigenvalue weighted by Gasteiger charge is 2.29. The Morgan fingerprint density at radius 1 is 1.21 bits per heavy atom. The van der Waals surface area contributed by atoms with Crippen molar-refractivity contribution in [2.75, 3.05) is 13.1 Å². The molecule has 4 nitrogen and oxygen atoms in total. The largest absolute Gasteiger partial charge is 0.481 e. The number of benzene rings is 1. The van der Waals surface area contributed by atoms with Crippen LogP contribution >= 0.6 is 15.9 Å². The average molecular weight is 389 g/mol. The van der Waals surface area contributed by atoms with Crippen LogP contribution < -0.4 is 0 Å².